The molecule has 2 saturated heterocycles. The number of rotatable bonds is 4. The van der Waals surface area contributed by atoms with Crippen molar-refractivity contribution in [1.29, 1.82) is 0 Å². The van der Waals surface area contributed by atoms with Crippen molar-refractivity contribution in [3.8, 4) is 11.5 Å². The number of piperazine rings is 1. The van der Waals surface area contributed by atoms with Gasteiger partial charge in [0.15, 0.2) is 0 Å². The lowest BCUT2D eigenvalue weighted by molar-refractivity contribution is -0.138. The number of oxazole rings is 1. The summed E-state index contributed by atoms with van der Waals surface area (Å²) in [6.45, 7) is 10.5. The molecule has 0 atom stereocenters. The van der Waals surface area contributed by atoms with Crippen molar-refractivity contribution >= 4 is 5.91 Å². The van der Waals surface area contributed by atoms with Crippen molar-refractivity contribution in [2.45, 2.75) is 33.2 Å². The van der Waals surface area contributed by atoms with E-state index in [-0.39, 0.29) is 5.92 Å². The Balaban J connectivity index is 1.33. The van der Waals surface area contributed by atoms with Gasteiger partial charge in [0, 0.05) is 44.2 Å². The second-order valence-corrected chi connectivity index (χ2v) is 8.52. The number of benzene rings is 1. The molecule has 6 nitrogen and oxygen atoms in total. The molecule has 3 heterocycles. The van der Waals surface area contributed by atoms with Gasteiger partial charge >= 0.3 is 0 Å². The highest BCUT2D eigenvalue weighted by atomic mass is 16.4. The van der Waals surface area contributed by atoms with Crippen LogP contribution in [0.2, 0.25) is 0 Å². The van der Waals surface area contributed by atoms with Gasteiger partial charge in [0.25, 0.3) is 0 Å². The van der Waals surface area contributed by atoms with Crippen LogP contribution in [0.15, 0.2) is 28.7 Å². The first-order valence-electron chi connectivity index (χ1n) is 10.7. The number of piperidine rings is 1. The van der Waals surface area contributed by atoms with Gasteiger partial charge in [0.05, 0.1) is 5.69 Å². The molecule has 156 valence electrons. The van der Waals surface area contributed by atoms with Gasteiger partial charge in [-0.25, -0.2) is 4.98 Å². The van der Waals surface area contributed by atoms with E-state index in [0.29, 0.717) is 11.8 Å². The van der Waals surface area contributed by atoms with Crippen LogP contribution in [-0.2, 0) is 11.3 Å². The zero-order chi connectivity index (χ0) is 20.4. The number of nitrogens with zero attached hydrogens (tertiary/aromatic N) is 4. The van der Waals surface area contributed by atoms with Crippen LogP contribution in [0.4, 0.5) is 0 Å². The molecule has 29 heavy (non-hydrogen) atoms. The highest BCUT2D eigenvalue weighted by molar-refractivity contribution is 5.79. The molecule has 0 N–H and O–H groups in total. The Hall–Kier alpha value is -2.18. The number of aryl methyl sites for hydroxylation is 2. The zero-order valence-electron chi connectivity index (χ0n) is 17.9. The first-order valence-corrected chi connectivity index (χ1v) is 10.7. The number of carbonyl (C=O) groups is 1. The molecule has 0 saturated carbocycles. The van der Waals surface area contributed by atoms with E-state index in [0.717, 1.165) is 75.7 Å². The van der Waals surface area contributed by atoms with Gasteiger partial charge in [-0.15, -0.1) is 0 Å². The maximum atomic E-state index is 12.8. The molecular formula is C23H32N4O2. The van der Waals surface area contributed by atoms with E-state index < -0.39 is 0 Å². The lowest BCUT2D eigenvalue weighted by Gasteiger charge is -2.37. The van der Waals surface area contributed by atoms with E-state index in [1.807, 2.05) is 19.1 Å². The van der Waals surface area contributed by atoms with E-state index in [9.17, 15) is 4.79 Å². The van der Waals surface area contributed by atoms with Crippen LogP contribution in [0.1, 0.15) is 29.9 Å². The van der Waals surface area contributed by atoms with Crippen LogP contribution >= 0.6 is 0 Å². The Bertz CT molecular complexity index is 846. The topological polar surface area (TPSA) is 52.8 Å². The molecule has 1 aromatic heterocycles. The summed E-state index contributed by atoms with van der Waals surface area (Å²) in [6, 6.07) is 8.18. The summed E-state index contributed by atoms with van der Waals surface area (Å²) >= 11 is 0. The maximum absolute atomic E-state index is 12.8. The van der Waals surface area contributed by atoms with Crippen molar-refractivity contribution in [3.05, 3.63) is 41.3 Å². The number of likely N-dealkylation sites (N-methyl/N-ethyl adjacent to an activating group) is 1. The fourth-order valence-electron chi connectivity index (χ4n) is 4.34. The van der Waals surface area contributed by atoms with Crippen LogP contribution in [0.25, 0.3) is 11.5 Å². The second-order valence-electron chi connectivity index (χ2n) is 8.52. The van der Waals surface area contributed by atoms with Crippen molar-refractivity contribution in [2.75, 3.05) is 46.3 Å². The molecule has 1 amide bonds. The molecule has 0 radical (unpaired) electrons. The summed E-state index contributed by atoms with van der Waals surface area (Å²) < 4.78 is 5.97. The summed E-state index contributed by atoms with van der Waals surface area (Å²) in [4.78, 5) is 24.4. The van der Waals surface area contributed by atoms with Crippen molar-refractivity contribution in [1.82, 2.24) is 19.7 Å². The molecule has 1 aromatic carbocycles. The van der Waals surface area contributed by atoms with E-state index in [1.54, 1.807) is 0 Å². The molecule has 4 rings (SSSR count). The van der Waals surface area contributed by atoms with E-state index in [4.69, 9.17) is 9.40 Å². The minimum atomic E-state index is 0.176. The number of hydrogen-bond donors (Lipinski definition) is 0. The van der Waals surface area contributed by atoms with E-state index in [2.05, 4.69) is 40.8 Å². The van der Waals surface area contributed by atoms with Gasteiger partial charge in [0.2, 0.25) is 11.8 Å². The highest BCUT2D eigenvalue weighted by Crippen LogP contribution is 2.27. The van der Waals surface area contributed by atoms with Gasteiger partial charge in [-0.05, 0) is 58.5 Å². The van der Waals surface area contributed by atoms with Crippen LogP contribution in [0, 0.1) is 19.8 Å². The number of hydrogen-bond acceptors (Lipinski definition) is 5. The third-order valence-electron chi connectivity index (χ3n) is 6.39. The van der Waals surface area contributed by atoms with Gasteiger partial charge < -0.3 is 14.2 Å². The Labute approximate surface area is 173 Å². The molecule has 0 spiro atoms. The molecule has 2 aliphatic rings. The molecule has 2 aliphatic heterocycles. The predicted octanol–water partition coefficient (Wildman–Crippen LogP) is 2.94. The minimum Gasteiger partial charge on any atom is -0.441 e. The summed E-state index contributed by atoms with van der Waals surface area (Å²) in [6.07, 6.45) is 1.87. The normalized spacial score (nSPS) is 19.6. The molecular weight excluding hydrogens is 364 g/mol. The van der Waals surface area contributed by atoms with Gasteiger partial charge in [-0.3, -0.25) is 9.69 Å². The molecule has 2 fully saturated rings. The molecule has 0 unspecified atom stereocenters. The second kappa shape index (κ2) is 8.67. The molecule has 0 bridgehead atoms. The molecule has 6 heteroatoms. The van der Waals surface area contributed by atoms with E-state index in [1.165, 1.54) is 5.56 Å². The van der Waals surface area contributed by atoms with Crippen molar-refractivity contribution in [3.63, 3.8) is 0 Å². The third-order valence-corrected chi connectivity index (χ3v) is 6.39. The third kappa shape index (κ3) is 4.54. The summed E-state index contributed by atoms with van der Waals surface area (Å²) in [5.74, 6) is 2.13. The number of aromatic nitrogens is 1. The van der Waals surface area contributed by atoms with Crippen LogP contribution in [0.5, 0.6) is 0 Å². The fourth-order valence-corrected chi connectivity index (χ4v) is 4.34. The monoisotopic (exact) mass is 396 g/mol. The summed E-state index contributed by atoms with van der Waals surface area (Å²) in [5.41, 5.74) is 3.23. The van der Waals surface area contributed by atoms with Gasteiger partial charge in [-0.2, -0.15) is 0 Å². The standard InChI is InChI=1S/C23H32N4O2/c1-17-6-4-5-7-20(17)22-24-21(18(2)29-22)16-26-10-8-19(9-11-26)23(28)27-14-12-25(3)13-15-27/h4-7,19H,8-16H2,1-3H3. The summed E-state index contributed by atoms with van der Waals surface area (Å²) in [5, 5.41) is 0. The SMILES string of the molecule is Cc1ccccc1-c1nc(CN2CCC(C(=O)N3CCN(C)CC3)CC2)c(C)o1. The van der Waals surface area contributed by atoms with E-state index >= 15 is 0 Å². The quantitative estimate of drug-likeness (QED) is 0.795. The average molecular weight is 397 g/mol. The number of amides is 1. The maximum Gasteiger partial charge on any atom is 0.226 e. The zero-order valence-corrected chi connectivity index (χ0v) is 17.9. The van der Waals surface area contributed by atoms with Gasteiger partial charge in [-0.1, -0.05) is 18.2 Å². The Morgan fingerprint density at radius 2 is 1.76 bits per heavy atom. The fraction of sp³-hybridized carbons (Fsp3) is 0.565. The lowest BCUT2D eigenvalue weighted by Crippen LogP contribution is -2.50. The smallest absolute Gasteiger partial charge is 0.226 e. The predicted molar refractivity (Wildman–Crippen MR) is 113 cm³/mol. The lowest BCUT2D eigenvalue weighted by atomic mass is 9.95. The van der Waals surface area contributed by atoms with Crippen LogP contribution < -0.4 is 0 Å². The van der Waals surface area contributed by atoms with Crippen LogP contribution in [0.3, 0.4) is 0 Å². The van der Waals surface area contributed by atoms with Crippen molar-refractivity contribution in [2.24, 2.45) is 5.92 Å². The molecule has 0 aliphatic carbocycles. The first-order chi connectivity index (χ1) is 14.0. The van der Waals surface area contributed by atoms with Crippen molar-refractivity contribution < 1.29 is 9.21 Å². The largest absolute Gasteiger partial charge is 0.441 e. The first kappa shape index (κ1) is 20.1. The Kier molecular flexibility index (Phi) is 6.01. The minimum absolute atomic E-state index is 0.176. The highest BCUT2D eigenvalue weighted by Gasteiger charge is 2.30. The Morgan fingerprint density at radius 1 is 1.07 bits per heavy atom. The molecule has 2 aromatic rings. The number of carbonyl (C=O) groups excluding carboxylic acids is 1. The van der Waals surface area contributed by atoms with Gasteiger partial charge in [0.1, 0.15) is 5.76 Å². The number of likely N-dealkylation sites (tertiary alicyclic amines) is 1. The Morgan fingerprint density at radius 3 is 2.45 bits per heavy atom. The van der Waals surface area contributed by atoms with Crippen LogP contribution in [-0.4, -0.2) is 71.9 Å². The summed E-state index contributed by atoms with van der Waals surface area (Å²) in [7, 11) is 2.12. The average Bonchev–Trinajstić information content (AvgIpc) is 3.09.